The summed E-state index contributed by atoms with van der Waals surface area (Å²) in [6.07, 6.45) is 1.73. The number of aryl methyl sites for hydroxylation is 1. The highest BCUT2D eigenvalue weighted by atomic mass is 16.3. The number of aromatic nitrogens is 3. The summed E-state index contributed by atoms with van der Waals surface area (Å²) in [5.74, 6) is 2.42. The highest BCUT2D eigenvalue weighted by Crippen LogP contribution is 2.29. The fourth-order valence-corrected chi connectivity index (χ4v) is 2.48. The number of aromatic hydroxyl groups is 1. The van der Waals surface area contributed by atoms with Crippen LogP contribution >= 0.6 is 0 Å². The van der Waals surface area contributed by atoms with Crippen LogP contribution in [0.2, 0.25) is 0 Å². The van der Waals surface area contributed by atoms with E-state index in [-0.39, 0.29) is 5.75 Å². The Morgan fingerprint density at radius 3 is 2.59 bits per heavy atom. The molecule has 0 saturated carbocycles. The van der Waals surface area contributed by atoms with E-state index < -0.39 is 0 Å². The Hall–Kier alpha value is -3.08. The number of furan rings is 1. The summed E-state index contributed by atoms with van der Waals surface area (Å²) in [7, 11) is 0. The summed E-state index contributed by atoms with van der Waals surface area (Å²) in [6, 6.07) is 14.5. The Morgan fingerprint density at radius 1 is 1.05 bits per heavy atom. The summed E-state index contributed by atoms with van der Waals surface area (Å²) in [5.41, 5.74) is 2.40. The molecule has 22 heavy (non-hydrogen) atoms. The van der Waals surface area contributed by atoms with Gasteiger partial charge in [0.2, 0.25) is 0 Å². The second-order valence-corrected chi connectivity index (χ2v) is 5.04. The summed E-state index contributed by atoms with van der Waals surface area (Å²) >= 11 is 0. The molecule has 5 nitrogen and oxygen atoms in total. The van der Waals surface area contributed by atoms with Gasteiger partial charge in [0.05, 0.1) is 0 Å². The van der Waals surface area contributed by atoms with Gasteiger partial charge in [-0.3, -0.25) is 4.57 Å². The Balaban J connectivity index is 2.03. The number of pyridine rings is 1. The van der Waals surface area contributed by atoms with E-state index in [1.807, 2.05) is 47.9 Å². The quantitative estimate of drug-likeness (QED) is 0.611. The fraction of sp³-hybridized carbons (Fsp3) is 0.0588. The summed E-state index contributed by atoms with van der Waals surface area (Å²) < 4.78 is 7.65. The summed E-state index contributed by atoms with van der Waals surface area (Å²) in [6.45, 7) is 1.90. The van der Waals surface area contributed by atoms with Gasteiger partial charge in [0.1, 0.15) is 17.0 Å². The van der Waals surface area contributed by atoms with Gasteiger partial charge in [0.15, 0.2) is 17.2 Å². The number of fused-ring (bicyclic) bond motifs is 1. The van der Waals surface area contributed by atoms with E-state index in [0.29, 0.717) is 11.6 Å². The average Bonchev–Trinajstić information content (AvgIpc) is 3.11. The zero-order chi connectivity index (χ0) is 15.1. The first-order valence-corrected chi connectivity index (χ1v) is 6.92. The van der Waals surface area contributed by atoms with E-state index in [9.17, 15) is 5.11 Å². The predicted molar refractivity (Wildman–Crippen MR) is 83.0 cm³/mol. The van der Waals surface area contributed by atoms with E-state index in [2.05, 4.69) is 9.97 Å². The third kappa shape index (κ3) is 1.95. The van der Waals surface area contributed by atoms with Crippen LogP contribution in [0.1, 0.15) is 5.76 Å². The molecule has 0 fully saturated rings. The van der Waals surface area contributed by atoms with Gasteiger partial charge >= 0.3 is 0 Å². The van der Waals surface area contributed by atoms with E-state index in [1.165, 1.54) is 0 Å². The first-order valence-electron chi connectivity index (χ1n) is 6.92. The molecule has 1 aromatic carbocycles. The van der Waals surface area contributed by atoms with Crippen LogP contribution in [0.3, 0.4) is 0 Å². The van der Waals surface area contributed by atoms with Crippen molar-refractivity contribution in [1.29, 1.82) is 0 Å². The molecule has 3 heterocycles. The molecule has 0 saturated heterocycles. The predicted octanol–water partition coefficient (Wildman–Crippen LogP) is 3.69. The molecule has 4 aromatic rings. The molecule has 0 unspecified atom stereocenters. The Labute approximate surface area is 126 Å². The van der Waals surface area contributed by atoms with Gasteiger partial charge in [-0.15, -0.1) is 0 Å². The molecule has 5 heteroatoms. The number of benzene rings is 1. The van der Waals surface area contributed by atoms with Crippen molar-refractivity contribution in [3.63, 3.8) is 0 Å². The van der Waals surface area contributed by atoms with Crippen molar-refractivity contribution < 1.29 is 9.52 Å². The largest absolute Gasteiger partial charge is 0.508 e. The van der Waals surface area contributed by atoms with Crippen LogP contribution < -0.4 is 0 Å². The van der Waals surface area contributed by atoms with Crippen molar-refractivity contribution in [2.75, 3.05) is 0 Å². The third-order valence-corrected chi connectivity index (χ3v) is 3.48. The molecule has 0 aliphatic heterocycles. The molecule has 0 bridgehead atoms. The van der Waals surface area contributed by atoms with Crippen LogP contribution in [-0.2, 0) is 0 Å². The number of hydrogen-bond acceptors (Lipinski definition) is 4. The van der Waals surface area contributed by atoms with E-state index in [4.69, 9.17) is 4.42 Å². The van der Waals surface area contributed by atoms with Crippen molar-refractivity contribution in [3.05, 3.63) is 60.5 Å². The topological polar surface area (TPSA) is 64.1 Å². The highest BCUT2D eigenvalue weighted by Gasteiger charge is 2.17. The monoisotopic (exact) mass is 291 g/mol. The number of imidazole rings is 1. The molecule has 0 spiro atoms. The van der Waals surface area contributed by atoms with Crippen molar-refractivity contribution in [1.82, 2.24) is 14.5 Å². The zero-order valence-corrected chi connectivity index (χ0v) is 11.9. The van der Waals surface area contributed by atoms with Gasteiger partial charge in [-0.25, -0.2) is 9.97 Å². The minimum Gasteiger partial charge on any atom is -0.508 e. The Bertz CT molecular complexity index is 952. The van der Waals surface area contributed by atoms with Crippen molar-refractivity contribution in [3.8, 4) is 23.0 Å². The van der Waals surface area contributed by atoms with Crippen LogP contribution in [0.25, 0.3) is 28.4 Å². The molecule has 3 aromatic heterocycles. The minimum atomic E-state index is 0.219. The fourth-order valence-electron chi connectivity index (χ4n) is 2.48. The maximum atomic E-state index is 9.50. The van der Waals surface area contributed by atoms with Gasteiger partial charge in [0, 0.05) is 11.9 Å². The lowest BCUT2D eigenvalue weighted by Crippen LogP contribution is -1.97. The maximum Gasteiger partial charge on any atom is 0.183 e. The summed E-state index contributed by atoms with van der Waals surface area (Å²) in [4.78, 5) is 9.07. The second kappa shape index (κ2) is 4.73. The van der Waals surface area contributed by atoms with Crippen molar-refractivity contribution in [2.45, 2.75) is 6.92 Å². The summed E-state index contributed by atoms with van der Waals surface area (Å²) in [5, 5.41) is 9.50. The molecule has 0 radical (unpaired) electrons. The molecular formula is C17H13N3O2. The number of nitrogens with zero attached hydrogens (tertiary/aromatic N) is 3. The van der Waals surface area contributed by atoms with Crippen LogP contribution in [0.5, 0.6) is 5.75 Å². The molecular weight excluding hydrogens is 278 g/mol. The van der Waals surface area contributed by atoms with Gasteiger partial charge in [-0.05, 0) is 55.5 Å². The third-order valence-electron chi connectivity index (χ3n) is 3.48. The number of phenols is 1. The molecule has 4 rings (SSSR count). The second-order valence-electron chi connectivity index (χ2n) is 5.04. The lowest BCUT2D eigenvalue weighted by atomic mass is 10.3. The van der Waals surface area contributed by atoms with Crippen LogP contribution in [0.4, 0.5) is 0 Å². The molecule has 0 aliphatic rings. The first kappa shape index (κ1) is 12.6. The van der Waals surface area contributed by atoms with E-state index in [0.717, 1.165) is 22.6 Å². The number of rotatable bonds is 2. The van der Waals surface area contributed by atoms with Gasteiger partial charge in [-0.1, -0.05) is 0 Å². The SMILES string of the molecule is Cc1ccc(-c2nc3cccnc3n2-c2ccc(O)cc2)o1. The Kier molecular flexibility index (Phi) is 2.72. The van der Waals surface area contributed by atoms with Crippen molar-refractivity contribution >= 4 is 11.2 Å². The van der Waals surface area contributed by atoms with Crippen LogP contribution in [0.15, 0.2) is 59.1 Å². The number of phenolic OH excluding ortho intramolecular Hbond substituents is 1. The normalized spacial score (nSPS) is 11.1. The molecule has 0 atom stereocenters. The van der Waals surface area contributed by atoms with Crippen LogP contribution in [-0.4, -0.2) is 19.6 Å². The maximum absolute atomic E-state index is 9.50. The lowest BCUT2D eigenvalue weighted by Gasteiger charge is -2.07. The zero-order valence-electron chi connectivity index (χ0n) is 11.9. The van der Waals surface area contributed by atoms with Gasteiger partial charge in [-0.2, -0.15) is 0 Å². The van der Waals surface area contributed by atoms with E-state index >= 15 is 0 Å². The molecule has 0 aliphatic carbocycles. The van der Waals surface area contributed by atoms with Crippen LogP contribution in [0, 0.1) is 6.92 Å². The highest BCUT2D eigenvalue weighted by molar-refractivity contribution is 5.78. The van der Waals surface area contributed by atoms with Crippen molar-refractivity contribution in [2.24, 2.45) is 0 Å². The standard InChI is InChI=1S/C17H13N3O2/c1-11-4-9-15(22-11)17-19-14-3-2-10-18-16(14)20(17)12-5-7-13(21)8-6-12/h2-10,21H,1H3. The molecule has 0 amide bonds. The smallest absolute Gasteiger partial charge is 0.183 e. The minimum absolute atomic E-state index is 0.219. The number of hydrogen-bond donors (Lipinski definition) is 1. The Morgan fingerprint density at radius 2 is 1.86 bits per heavy atom. The van der Waals surface area contributed by atoms with Gasteiger partial charge < -0.3 is 9.52 Å². The molecule has 108 valence electrons. The first-order chi connectivity index (χ1) is 10.7. The average molecular weight is 291 g/mol. The molecule has 1 N–H and O–H groups in total. The van der Waals surface area contributed by atoms with E-state index in [1.54, 1.807) is 18.3 Å². The lowest BCUT2D eigenvalue weighted by molar-refractivity contribution is 0.475. The van der Waals surface area contributed by atoms with Gasteiger partial charge in [0.25, 0.3) is 0 Å².